The summed E-state index contributed by atoms with van der Waals surface area (Å²) < 4.78 is 5.21. The molecule has 0 radical (unpaired) electrons. The van der Waals surface area contributed by atoms with Crippen LogP contribution in [0.2, 0.25) is 0 Å². The summed E-state index contributed by atoms with van der Waals surface area (Å²) in [6.45, 7) is 1.90. The van der Waals surface area contributed by atoms with Gasteiger partial charge in [0.1, 0.15) is 11.4 Å². The van der Waals surface area contributed by atoms with Gasteiger partial charge in [0.25, 0.3) is 11.8 Å². The van der Waals surface area contributed by atoms with Crippen molar-refractivity contribution >= 4 is 23.4 Å². The first-order valence-electron chi connectivity index (χ1n) is 7.77. The van der Waals surface area contributed by atoms with E-state index in [4.69, 9.17) is 4.74 Å². The van der Waals surface area contributed by atoms with Gasteiger partial charge < -0.3 is 10.1 Å². The molecule has 7 nitrogen and oxygen atoms in total. The number of imide groups is 1. The van der Waals surface area contributed by atoms with E-state index in [9.17, 15) is 14.4 Å². The van der Waals surface area contributed by atoms with Gasteiger partial charge in [-0.25, -0.2) is 0 Å². The van der Waals surface area contributed by atoms with Gasteiger partial charge in [-0.1, -0.05) is 6.07 Å². The van der Waals surface area contributed by atoms with Crippen molar-refractivity contribution in [2.24, 2.45) is 0 Å². The molecular weight excluding hydrogens is 322 g/mol. The zero-order valence-corrected chi connectivity index (χ0v) is 13.9. The van der Waals surface area contributed by atoms with E-state index in [1.165, 1.54) is 13.3 Å². The first-order valence-corrected chi connectivity index (χ1v) is 7.77. The number of pyridine rings is 1. The Bertz CT molecular complexity index is 828. The molecule has 0 atom stereocenters. The smallest absolute Gasteiger partial charge is 0.280 e. The van der Waals surface area contributed by atoms with Gasteiger partial charge in [0, 0.05) is 19.2 Å². The van der Waals surface area contributed by atoms with Crippen LogP contribution in [0, 0.1) is 6.92 Å². The minimum atomic E-state index is -0.471. The van der Waals surface area contributed by atoms with Gasteiger partial charge in [-0.15, -0.1) is 0 Å². The zero-order chi connectivity index (χ0) is 18.0. The van der Waals surface area contributed by atoms with E-state index in [0.29, 0.717) is 11.4 Å². The van der Waals surface area contributed by atoms with Gasteiger partial charge in [0.2, 0.25) is 5.91 Å². The van der Waals surface area contributed by atoms with E-state index in [2.05, 4.69) is 10.3 Å². The van der Waals surface area contributed by atoms with Gasteiger partial charge >= 0.3 is 0 Å². The molecule has 2 heterocycles. The topological polar surface area (TPSA) is 88.6 Å². The van der Waals surface area contributed by atoms with E-state index in [0.717, 1.165) is 10.5 Å². The lowest BCUT2D eigenvalue weighted by atomic mass is 10.2. The van der Waals surface area contributed by atoms with Gasteiger partial charge in [-0.2, -0.15) is 0 Å². The number of carbonyl (C=O) groups is 3. The molecule has 1 aliphatic rings. The molecule has 0 aliphatic carbocycles. The summed E-state index contributed by atoms with van der Waals surface area (Å²) in [5.41, 5.74) is 1.93. The standard InChI is InChI=1S/C18H17N3O4/c1-11-5-6-14(25-2)13(10-11)20-15(22)7-9-21-17(23)12-4-3-8-19-16(12)18(21)24/h3-6,8,10H,7,9H2,1-2H3,(H,20,22). The number of ether oxygens (including phenoxy) is 1. The number of anilines is 1. The Kier molecular flexibility index (Phi) is 4.47. The highest BCUT2D eigenvalue weighted by Crippen LogP contribution is 2.25. The molecule has 1 N–H and O–H groups in total. The number of fused-ring (bicyclic) bond motifs is 1. The third-order valence-corrected chi connectivity index (χ3v) is 3.92. The quantitative estimate of drug-likeness (QED) is 0.842. The lowest BCUT2D eigenvalue weighted by molar-refractivity contribution is -0.116. The average molecular weight is 339 g/mol. The molecule has 0 saturated carbocycles. The Labute approximate surface area is 144 Å². The molecule has 3 amide bonds. The van der Waals surface area contributed by atoms with Gasteiger partial charge in [0.05, 0.1) is 18.4 Å². The molecule has 1 aromatic carbocycles. The predicted octanol–water partition coefficient (Wildman–Crippen LogP) is 2.02. The summed E-state index contributed by atoms with van der Waals surface area (Å²) >= 11 is 0. The lowest BCUT2D eigenvalue weighted by Crippen LogP contribution is -2.33. The van der Waals surface area contributed by atoms with E-state index in [1.54, 1.807) is 24.3 Å². The van der Waals surface area contributed by atoms with Crippen molar-refractivity contribution in [3.8, 4) is 5.75 Å². The second-order valence-corrected chi connectivity index (χ2v) is 5.66. The number of nitrogens with one attached hydrogen (secondary N) is 1. The summed E-state index contributed by atoms with van der Waals surface area (Å²) in [5, 5.41) is 2.75. The van der Waals surface area contributed by atoms with Crippen LogP contribution in [0.1, 0.15) is 32.8 Å². The van der Waals surface area contributed by atoms with E-state index in [-0.39, 0.29) is 30.1 Å². The van der Waals surface area contributed by atoms with Crippen molar-refractivity contribution in [2.75, 3.05) is 19.0 Å². The second-order valence-electron chi connectivity index (χ2n) is 5.66. The Balaban J connectivity index is 1.65. The van der Waals surface area contributed by atoms with Crippen molar-refractivity contribution < 1.29 is 19.1 Å². The molecule has 128 valence electrons. The Morgan fingerprint density at radius 2 is 2.04 bits per heavy atom. The maximum absolute atomic E-state index is 12.2. The summed E-state index contributed by atoms with van der Waals surface area (Å²) in [5.74, 6) is -0.659. The molecule has 0 saturated heterocycles. The number of rotatable bonds is 5. The molecule has 7 heteroatoms. The van der Waals surface area contributed by atoms with Crippen LogP contribution in [0.25, 0.3) is 0 Å². The van der Waals surface area contributed by atoms with Crippen LogP contribution in [0.4, 0.5) is 5.69 Å². The third-order valence-electron chi connectivity index (χ3n) is 3.92. The van der Waals surface area contributed by atoms with Gasteiger partial charge in [-0.3, -0.25) is 24.3 Å². The average Bonchev–Trinajstić information content (AvgIpc) is 2.85. The summed E-state index contributed by atoms with van der Waals surface area (Å²) in [4.78, 5) is 41.6. The van der Waals surface area contributed by atoms with Crippen LogP contribution in [0.3, 0.4) is 0 Å². The molecule has 1 aliphatic heterocycles. The molecule has 1 aromatic heterocycles. The number of aryl methyl sites for hydroxylation is 1. The van der Waals surface area contributed by atoms with Crippen molar-refractivity contribution in [1.29, 1.82) is 0 Å². The second kappa shape index (κ2) is 6.72. The summed E-state index contributed by atoms with van der Waals surface area (Å²) in [7, 11) is 1.52. The Morgan fingerprint density at radius 3 is 2.76 bits per heavy atom. The zero-order valence-electron chi connectivity index (χ0n) is 13.9. The van der Waals surface area contributed by atoms with Gasteiger partial charge in [-0.05, 0) is 36.8 Å². The number of methoxy groups -OCH3 is 1. The van der Waals surface area contributed by atoms with Crippen molar-refractivity contribution in [3.05, 3.63) is 53.3 Å². The monoisotopic (exact) mass is 339 g/mol. The molecule has 3 rings (SSSR count). The number of amides is 3. The molecule has 0 spiro atoms. The first-order chi connectivity index (χ1) is 12.0. The van der Waals surface area contributed by atoms with Crippen molar-refractivity contribution in [3.63, 3.8) is 0 Å². The maximum atomic E-state index is 12.2. The fourth-order valence-corrected chi connectivity index (χ4v) is 2.66. The third kappa shape index (κ3) is 3.21. The highest BCUT2D eigenvalue weighted by molar-refractivity contribution is 6.20. The maximum Gasteiger partial charge on any atom is 0.280 e. The van der Waals surface area contributed by atoms with Gasteiger partial charge in [0.15, 0.2) is 0 Å². The number of aromatic nitrogens is 1. The van der Waals surface area contributed by atoms with E-state index < -0.39 is 11.8 Å². The first kappa shape index (κ1) is 16.6. The Morgan fingerprint density at radius 1 is 1.24 bits per heavy atom. The molecule has 25 heavy (non-hydrogen) atoms. The van der Waals surface area contributed by atoms with E-state index in [1.807, 2.05) is 13.0 Å². The van der Waals surface area contributed by atoms with Crippen molar-refractivity contribution in [1.82, 2.24) is 9.88 Å². The molecule has 0 unspecified atom stereocenters. The van der Waals surface area contributed by atoms with Crippen LogP contribution in [-0.2, 0) is 4.79 Å². The highest BCUT2D eigenvalue weighted by Gasteiger charge is 2.36. The lowest BCUT2D eigenvalue weighted by Gasteiger charge is -2.14. The SMILES string of the molecule is COc1ccc(C)cc1NC(=O)CCN1C(=O)c2cccnc2C1=O. The molecule has 0 fully saturated rings. The minimum absolute atomic E-state index is 0.00596. The highest BCUT2D eigenvalue weighted by atomic mass is 16.5. The normalized spacial score (nSPS) is 13.0. The molecule has 0 bridgehead atoms. The van der Waals surface area contributed by atoms with E-state index >= 15 is 0 Å². The number of hydrogen-bond donors (Lipinski definition) is 1. The predicted molar refractivity (Wildman–Crippen MR) is 90.6 cm³/mol. The molecular formula is C18H17N3O4. The summed E-state index contributed by atoms with van der Waals surface area (Å²) in [6, 6.07) is 8.59. The van der Waals surface area contributed by atoms with Crippen LogP contribution in [0.5, 0.6) is 5.75 Å². The van der Waals surface area contributed by atoms with Crippen molar-refractivity contribution in [2.45, 2.75) is 13.3 Å². The number of benzene rings is 1. The number of carbonyl (C=O) groups excluding carboxylic acids is 3. The fourth-order valence-electron chi connectivity index (χ4n) is 2.66. The molecule has 2 aromatic rings. The van der Waals surface area contributed by atoms with Crippen LogP contribution in [0.15, 0.2) is 36.5 Å². The minimum Gasteiger partial charge on any atom is -0.495 e. The van der Waals surface area contributed by atoms with Crippen LogP contribution >= 0.6 is 0 Å². The van der Waals surface area contributed by atoms with Crippen LogP contribution < -0.4 is 10.1 Å². The fraction of sp³-hybridized carbons (Fsp3) is 0.222. The Hall–Kier alpha value is -3.22. The number of hydrogen-bond acceptors (Lipinski definition) is 5. The number of nitrogens with zero attached hydrogens (tertiary/aromatic N) is 2. The summed E-state index contributed by atoms with van der Waals surface area (Å²) in [6.07, 6.45) is 1.45. The van der Waals surface area contributed by atoms with Crippen LogP contribution in [-0.4, -0.2) is 41.3 Å². The largest absolute Gasteiger partial charge is 0.495 e.